The van der Waals surface area contributed by atoms with E-state index in [4.69, 9.17) is 9.97 Å². The monoisotopic (exact) mass is 377 g/mol. The SMILES string of the molecule is Cc1cc(N2CCN(C)CC2)nc(N2CCN(c3ccccc3C#N)CC2)n1. The molecule has 0 radical (unpaired) electrons. The summed E-state index contributed by atoms with van der Waals surface area (Å²) in [6, 6.07) is 12.2. The van der Waals surface area contributed by atoms with E-state index in [1.165, 1.54) is 0 Å². The molecule has 4 rings (SSSR count). The average Bonchev–Trinajstić information content (AvgIpc) is 2.74. The minimum atomic E-state index is 0.736. The molecule has 0 spiro atoms. The molecule has 0 atom stereocenters. The van der Waals surface area contributed by atoms with Gasteiger partial charge in [0.15, 0.2) is 0 Å². The highest BCUT2D eigenvalue weighted by atomic mass is 15.3. The maximum absolute atomic E-state index is 9.37. The molecule has 2 saturated heterocycles. The number of anilines is 3. The van der Waals surface area contributed by atoms with Gasteiger partial charge in [-0.2, -0.15) is 10.2 Å². The number of hydrogen-bond acceptors (Lipinski definition) is 7. The summed E-state index contributed by atoms with van der Waals surface area (Å²) in [5.41, 5.74) is 2.77. The lowest BCUT2D eigenvalue weighted by Crippen LogP contribution is -2.48. The van der Waals surface area contributed by atoms with Gasteiger partial charge in [-0.1, -0.05) is 12.1 Å². The zero-order chi connectivity index (χ0) is 19.5. The van der Waals surface area contributed by atoms with Crippen LogP contribution in [0.15, 0.2) is 30.3 Å². The second-order valence-corrected chi connectivity index (χ2v) is 7.56. The number of aryl methyl sites for hydroxylation is 1. The average molecular weight is 377 g/mol. The van der Waals surface area contributed by atoms with Crippen molar-refractivity contribution in [1.82, 2.24) is 14.9 Å². The van der Waals surface area contributed by atoms with Crippen LogP contribution in [0, 0.1) is 18.3 Å². The second kappa shape index (κ2) is 8.03. The molecule has 0 unspecified atom stereocenters. The van der Waals surface area contributed by atoms with Crippen molar-refractivity contribution in [3.8, 4) is 6.07 Å². The predicted octanol–water partition coefficient (Wildman–Crippen LogP) is 1.74. The van der Waals surface area contributed by atoms with Crippen LogP contribution in [0.2, 0.25) is 0 Å². The molecule has 7 nitrogen and oxygen atoms in total. The van der Waals surface area contributed by atoms with E-state index in [0.717, 1.165) is 81.1 Å². The van der Waals surface area contributed by atoms with Gasteiger partial charge in [0.1, 0.15) is 11.9 Å². The fourth-order valence-electron chi connectivity index (χ4n) is 3.87. The van der Waals surface area contributed by atoms with Crippen molar-refractivity contribution >= 4 is 17.5 Å². The van der Waals surface area contributed by atoms with E-state index >= 15 is 0 Å². The van der Waals surface area contributed by atoms with E-state index < -0.39 is 0 Å². The number of hydrogen-bond donors (Lipinski definition) is 0. The summed E-state index contributed by atoms with van der Waals surface area (Å²) in [5, 5.41) is 9.37. The summed E-state index contributed by atoms with van der Waals surface area (Å²) in [5.74, 6) is 1.86. The molecule has 2 fully saturated rings. The molecule has 0 N–H and O–H groups in total. The Hall–Kier alpha value is -2.85. The Morgan fingerprint density at radius 1 is 0.857 bits per heavy atom. The Bertz CT molecular complexity index is 859. The Morgan fingerprint density at radius 2 is 1.50 bits per heavy atom. The molecule has 2 aromatic rings. The molecule has 7 heteroatoms. The molecule has 146 valence electrons. The van der Waals surface area contributed by atoms with Crippen LogP contribution in [0.1, 0.15) is 11.3 Å². The molecule has 0 bridgehead atoms. The smallest absolute Gasteiger partial charge is 0.227 e. The fraction of sp³-hybridized carbons (Fsp3) is 0.476. The Morgan fingerprint density at radius 3 is 2.21 bits per heavy atom. The lowest BCUT2D eigenvalue weighted by molar-refractivity contribution is 0.312. The Kier molecular flexibility index (Phi) is 5.31. The number of aromatic nitrogens is 2. The highest BCUT2D eigenvalue weighted by Crippen LogP contribution is 2.24. The van der Waals surface area contributed by atoms with Crippen LogP contribution in [0.4, 0.5) is 17.5 Å². The van der Waals surface area contributed by atoms with Gasteiger partial charge in [0.05, 0.1) is 11.3 Å². The normalized spacial score (nSPS) is 18.2. The zero-order valence-corrected chi connectivity index (χ0v) is 16.7. The highest BCUT2D eigenvalue weighted by molar-refractivity contribution is 5.60. The first-order valence-electron chi connectivity index (χ1n) is 9.92. The van der Waals surface area contributed by atoms with Gasteiger partial charge in [0.25, 0.3) is 0 Å². The van der Waals surface area contributed by atoms with Gasteiger partial charge in [0.2, 0.25) is 5.95 Å². The van der Waals surface area contributed by atoms with Crippen molar-refractivity contribution in [2.45, 2.75) is 6.92 Å². The summed E-state index contributed by atoms with van der Waals surface area (Å²) in [6.07, 6.45) is 0. The van der Waals surface area contributed by atoms with Crippen LogP contribution in [0.5, 0.6) is 0 Å². The third-order valence-corrected chi connectivity index (χ3v) is 5.58. The van der Waals surface area contributed by atoms with Crippen LogP contribution >= 0.6 is 0 Å². The number of benzene rings is 1. The summed E-state index contributed by atoms with van der Waals surface area (Å²) >= 11 is 0. The van der Waals surface area contributed by atoms with Crippen LogP contribution in [-0.4, -0.2) is 74.3 Å². The van der Waals surface area contributed by atoms with E-state index in [-0.39, 0.29) is 0 Å². The van der Waals surface area contributed by atoms with Crippen LogP contribution < -0.4 is 14.7 Å². The summed E-state index contributed by atoms with van der Waals surface area (Å²) in [7, 11) is 2.16. The van der Waals surface area contributed by atoms with Crippen LogP contribution in [0.3, 0.4) is 0 Å². The Balaban J connectivity index is 1.47. The first-order valence-corrected chi connectivity index (χ1v) is 9.92. The van der Waals surface area contributed by atoms with Gasteiger partial charge in [-0.25, -0.2) is 4.98 Å². The van der Waals surface area contributed by atoms with Gasteiger partial charge in [-0.15, -0.1) is 0 Å². The van der Waals surface area contributed by atoms with Gasteiger partial charge in [-0.3, -0.25) is 0 Å². The molecule has 1 aromatic heterocycles. The molecule has 3 heterocycles. The predicted molar refractivity (Wildman–Crippen MR) is 112 cm³/mol. The maximum Gasteiger partial charge on any atom is 0.227 e. The van der Waals surface area contributed by atoms with Crippen molar-refractivity contribution in [2.24, 2.45) is 0 Å². The van der Waals surface area contributed by atoms with Crippen molar-refractivity contribution in [2.75, 3.05) is 74.1 Å². The van der Waals surface area contributed by atoms with Crippen molar-refractivity contribution in [1.29, 1.82) is 5.26 Å². The third-order valence-electron chi connectivity index (χ3n) is 5.58. The quantitative estimate of drug-likeness (QED) is 0.807. The zero-order valence-electron chi connectivity index (χ0n) is 16.7. The van der Waals surface area contributed by atoms with Gasteiger partial charge < -0.3 is 19.6 Å². The van der Waals surface area contributed by atoms with E-state index in [0.29, 0.717) is 0 Å². The lowest BCUT2D eigenvalue weighted by atomic mass is 10.1. The number of rotatable bonds is 3. The number of likely N-dealkylation sites (N-methyl/N-ethyl adjacent to an activating group) is 1. The van der Waals surface area contributed by atoms with Crippen LogP contribution in [0.25, 0.3) is 0 Å². The van der Waals surface area contributed by atoms with E-state index in [2.05, 4.69) is 38.8 Å². The number of nitriles is 1. The minimum absolute atomic E-state index is 0.736. The number of nitrogens with zero attached hydrogens (tertiary/aromatic N) is 7. The highest BCUT2D eigenvalue weighted by Gasteiger charge is 2.23. The fourth-order valence-corrected chi connectivity index (χ4v) is 3.87. The summed E-state index contributed by atoms with van der Waals surface area (Å²) in [6.45, 7) is 9.61. The minimum Gasteiger partial charge on any atom is -0.367 e. The van der Waals surface area contributed by atoms with Crippen molar-refractivity contribution in [3.63, 3.8) is 0 Å². The molecule has 2 aliphatic rings. The van der Waals surface area contributed by atoms with Crippen LogP contribution in [-0.2, 0) is 0 Å². The third kappa shape index (κ3) is 3.87. The van der Waals surface area contributed by atoms with E-state index in [1.54, 1.807) is 0 Å². The van der Waals surface area contributed by atoms with Gasteiger partial charge in [-0.05, 0) is 26.1 Å². The van der Waals surface area contributed by atoms with Gasteiger partial charge >= 0.3 is 0 Å². The Labute approximate surface area is 166 Å². The lowest BCUT2D eigenvalue weighted by Gasteiger charge is -2.37. The largest absolute Gasteiger partial charge is 0.367 e. The number of para-hydroxylation sites is 1. The molecular weight excluding hydrogens is 350 g/mol. The standard InChI is InChI=1S/C21H27N7/c1-17-15-20(27-9-7-25(2)8-10-27)24-21(23-17)28-13-11-26(12-14-28)19-6-4-3-5-18(19)16-22/h3-6,15H,7-14H2,1-2H3. The second-order valence-electron chi connectivity index (χ2n) is 7.56. The van der Waals surface area contributed by atoms with E-state index in [1.807, 2.05) is 31.2 Å². The van der Waals surface area contributed by atoms with Gasteiger partial charge in [0, 0.05) is 64.1 Å². The molecule has 2 aliphatic heterocycles. The molecule has 1 aromatic carbocycles. The maximum atomic E-state index is 9.37. The molecule has 0 aliphatic carbocycles. The van der Waals surface area contributed by atoms with Crippen molar-refractivity contribution < 1.29 is 0 Å². The molecule has 0 saturated carbocycles. The van der Waals surface area contributed by atoms with Crippen molar-refractivity contribution in [3.05, 3.63) is 41.6 Å². The molecule has 0 amide bonds. The summed E-state index contributed by atoms with van der Waals surface area (Å²) < 4.78 is 0. The number of piperazine rings is 2. The summed E-state index contributed by atoms with van der Waals surface area (Å²) in [4.78, 5) is 18.9. The molecule has 28 heavy (non-hydrogen) atoms. The first-order chi connectivity index (χ1) is 13.6. The van der Waals surface area contributed by atoms with E-state index in [9.17, 15) is 5.26 Å². The first kappa shape index (κ1) is 18.5. The topological polar surface area (TPSA) is 62.5 Å². The molecular formula is C21H27N7.